The minimum absolute atomic E-state index is 0.325. The first-order chi connectivity index (χ1) is 4.70. The van der Waals surface area contributed by atoms with Crippen LogP contribution in [0.1, 0.15) is 26.2 Å². The minimum Gasteiger partial charge on any atom is -0.327 e. The molecule has 1 aliphatic carbocycles. The van der Waals surface area contributed by atoms with E-state index in [1.165, 1.54) is 19.3 Å². The predicted octanol–water partition coefficient (Wildman–Crippen LogP) is 0.818. The molecule has 1 atom stereocenters. The van der Waals surface area contributed by atoms with E-state index in [0.29, 0.717) is 6.04 Å². The number of likely N-dealkylation sites (N-methyl/N-ethyl adjacent to an activating group) is 1. The van der Waals surface area contributed by atoms with Crippen molar-refractivity contribution in [2.75, 3.05) is 13.6 Å². The second-order valence-corrected chi connectivity index (χ2v) is 3.50. The van der Waals surface area contributed by atoms with Crippen molar-refractivity contribution < 1.29 is 0 Å². The fourth-order valence-electron chi connectivity index (χ4n) is 1.43. The number of hydrogen-bond acceptors (Lipinski definition) is 2. The SMILES string of the molecule is CC(N)CN(C)C1CCC1. The second kappa shape index (κ2) is 3.35. The summed E-state index contributed by atoms with van der Waals surface area (Å²) in [6.45, 7) is 3.11. The first-order valence-electron chi connectivity index (χ1n) is 4.16. The molecule has 10 heavy (non-hydrogen) atoms. The van der Waals surface area contributed by atoms with Gasteiger partial charge in [0.2, 0.25) is 0 Å². The molecule has 0 aliphatic heterocycles. The molecule has 0 aromatic rings. The Morgan fingerprint density at radius 2 is 2.20 bits per heavy atom. The molecule has 0 radical (unpaired) electrons. The molecule has 2 nitrogen and oxygen atoms in total. The third-order valence-corrected chi connectivity index (χ3v) is 2.27. The van der Waals surface area contributed by atoms with Gasteiger partial charge in [-0.05, 0) is 26.8 Å². The Labute approximate surface area is 63.4 Å². The van der Waals surface area contributed by atoms with Crippen LogP contribution in [0.2, 0.25) is 0 Å². The van der Waals surface area contributed by atoms with Crippen molar-refractivity contribution in [1.29, 1.82) is 0 Å². The molecule has 1 unspecified atom stereocenters. The molecule has 60 valence electrons. The minimum atomic E-state index is 0.325. The van der Waals surface area contributed by atoms with Gasteiger partial charge in [-0.15, -0.1) is 0 Å². The zero-order chi connectivity index (χ0) is 7.56. The van der Waals surface area contributed by atoms with E-state index < -0.39 is 0 Å². The lowest BCUT2D eigenvalue weighted by atomic mass is 9.92. The van der Waals surface area contributed by atoms with Gasteiger partial charge in [-0.1, -0.05) is 6.42 Å². The molecular formula is C8H18N2. The predicted molar refractivity (Wildman–Crippen MR) is 43.9 cm³/mol. The van der Waals surface area contributed by atoms with Crippen molar-refractivity contribution in [3.63, 3.8) is 0 Å². The van der Waals surface area contributed by atoms with Crippen LogP contribution in [-0.4, -0.2) is 30.6 Å². The van der Waals surface area contributed by atoms with Gasteiger partial charge in [0.05, 0.1) is 0 Å². The maximum atomic E-state index is 5.67. The third kappa shape index (κ3) is 1.96. The lowest BCUT2D eigenvalue weighted by molar-refractivity contribution is 0.154. The summed E-state index contributed by atoms with van der Waals surface area (Å²) in [7, 11) is 2.17. The van der Waals surface area contributed by atoms with E-state index in [2.05, 4.69) is 18.9 Å². The zero-order valence-corrected chi connectivity index (χ0v) is 7.01. The van der Waals surface area contributed by atoms with E-state index in [0.717, 1.165) is 12.6 Å². The Kier molecular flexibility index (Phi) is 2.69. The Morgan fingerprint density at radius 3 is 2.50 bits per heavy atom. The number of nitrogens with zero attached hydrogens (tertiary/aromatic N) is 1. The van der Waals surface area contributed by atoms with Gasteiger partial charge in [0.15, 0.2) is 0 Å². The van der Waals surface area contributed by atoms with Gasteiger partial charge in [0.1, 0.15) is 0 Å². The van der Waals surface area contributed by atoms with Gasteiger partial charge >= 0.3 is 0 Å². The van der Waals surface area contributed by atoms with Gasteiger partial charge in [-0.25, -0.2) is 0 Å². The van der Waals surface area contributed by atoms with Gasteiger partial charge in [0, 0.05) is 18.6 Å². The van der Waals surface area contributed by atoms with Crippen LogP contribution in [0.5, 0.6) is 0 Å². The van der Waals surface area contributed by atoms with Crippen LogP contribution in [0.25, 0.3) is 0 Å². The quantitative estimate of drug-likeness (QED) is 0.632. The summed E-state index contributed by atoms with van der Waals surface area (Å²) in [5, 5.41) is 0. The lowest BCUT2D eigenvalue weighted by Gasteiger charge is -2.35. The van der Waals surface area contributed by atoms with E-state index in [1.807, 2.05) is 0 Å². The van der Waals surface area contributed by atoms with Crippen molar-refractivity contribution in [3.05, 3.63) is 0 Å². The molecule has 2 N–H and O–H groups in total. The fourth-order valence-corrected chi connectivity index (χ4v) is 1.43. The normalized spacial score (nSPS) is 22.8. The van der Waals surface area contributed by atoms with Gasteiger partial charge in [-0.2, -0.15) is 0 Å². The van der Waals surface area contributed by atoms with Crippen LogP contribution in [0, 0.1) is 0 Å². The van der Waals surface area contributed by atoms with Crippen LogP contribution in [0.4, 0.5) is 0 Å². The highest BCUT2D eigenvalue weighted by molar-refractivity contribution is 4.78. The van der Waals surface area contributed by atoms with E-state index in [9.17, 15) is 0 Å². The molecule has 0 heterocycles. The van der Waals surface area contributed by atoms with Gasteiger partial charge < -0.3 is 10.6 Å². The molecule has 0 bridgehead atoms. The number of nitrogens with two attached hydrogens (primary N) is 1. The van der Waals surface area contributed by atoms with Crippen LogP contribution in [0.3, 0.4) is 0 Å². The summed E-state index contributed by atoms with van der Waals surface area (Å²) < 4.78 is 0. The highest BCUT2D eigenvalue weighted by atomic mass is 15.1. The van der Waals surface area contributed by atoms with Crippen LogP contribution in [0.15, 0.2) is 0 Å². The van der Waals surface area contributed by atoms with E-state index in [-0.39, 0.29) is 0 Å². The van der Waals surface area contributed by atoms with Crippen molar-refractivity contribution in [2.24, 2.45) is 5.73 Å². The van der Waals surface area contributed by atoms with Crippen molar-refractivity contribution in [3.8, 4) is 0 Å². The zero-order valence-electron chi connectivity index (χ0n) is 7.01. The lowest BCUT2D eigenvalue weighted by Crippen LogP contribution is -2.42. The summed E-state index contributed by atoms with van der Waals surface area (Å²) in [6.07, 6.45) is 4.17. The number of hydrogen-bond donors (Lipinski definition) is 1. The second-order valence-electron chi connectivity index (χ2n) is 3.50. The van der Waals surface area contributed by atoms with Gasteiger partial charge in [-0.3, -0.25) is 0 Å². The monoisotopic (exact) mass is 142 g/mol. The molecule has 0 saturated heterocycles. The Bertz CT molecular complexity index is 97.4. The first-order valence-corrected chi connectivity index (χ1v) is 4.16. The number of rotatable bonds is 3. The van der Waals surface area contributed by atoms with E-state index in [4.69, 9.17) is 5.73 Å². The van der Waals surface area contributed by atoms with Crippen LogP contribution < -0.4 is 5.73 Å². The molecule has 0 aromatic heterocycles. The van der Waals surface area contributed by atoms with E-state index in [1.54, 1.807) is 0 Å². The molecule has 1 rings (SSSR count). The maximum absolute atomic E-state index is 5.67. The summed E-state index contributed by atoms with van der Waals surface area (Å²) in [5.74, 6) is 0. The largest absolute Gasteiger partial charge is 0.327 e. The van der Waals surface area contributed by atoms with E-state index >= 15 is 0 Å². The average Bonchev–Trinajstić information content (AvgIpc) is 1.55. The van der Waals surface area contributed by atoms with Crippen molar-refractivity contribution in [1.82, 2.24) is 4.90 Å². The average molecular weight is 142 g/mol. The van der Waals surface area contributed by atoms with Crippen LogP contribution >= 0.6 is 0 Å². The summed E-state index contributed by atoms with van der Waals surface area (Å²) in [5.41, 5.74) is 5.67. The van der Waals surface area contributed by atoms with Crippen molar-refractivity contribution in [2.45, 2.75) is 38.3 Å². The molecule has 1 fully saturated rings. The molecule has 2 heteroatoms. The molecule has 0 spiro atoms. The highest BCUT2D eigenvalue weighted by Crippen LogP contribution is 2.23. The standard InChI is InChI=1S/C8H18N2/c1-7(9)6-10(2)8-4-3-5-8/h7-8H,3-6,9H2,1-2H3. The van der Waals surface area contributed by atoms with Crippen molar-refractivity contribution >= 4 is 0 Å². The molecule has 1 aliphatic rings. The summed E-state index contributed by atoms with van der Waals surface area (Å²) in [4.78, 5) is 2.38. The molecule has 0 aromatic carbocycles. The first kappa shape index (κ1) is 8.02. The Morgan fingerprint density at radius 1 is 1.60 bits per heavy atom. The Balaban J connectivity index is 2.13. The van der Waals surface area contributed by atoms with Gasteiger partial charge in [0.25, 0.3) is 0 Å². The highest BCUT2D eigenvalue weighted by Gasteiger charge is 2.21. The van der Waals surface area contributed by atoms with Crippen LogP contribution in [-0.2, 0) is 0 Å². The smallest absolute Gasteiger partial charge is 0.0139 e. The third-order valence-electron chi connectivity index (χ3n) is 2.27. The molecule has 1 saturated carbocycles. The molecular weight excluding hydrogens is 124 g/mol. The fraction of sp³-hybridized carbons (Fsp3) is 1.00. The molecule has 0 amide bonds. The topological polar surface area (TPSA) is 29.3 Å². The summed E-state index contributed by atoms with van der Waals surface area (Å²) >= 11 is 0. The summed E-state index contributed by atoms with van der Waals surface area (Å²) in [6, 6.07) is 1.16. The Hall–Kier alpha value is -0.0800. The maximum Gasteiger partial charge on any atom is 0.0139 e.